The highest BCUT2D eigenvalue weighted by atomic mass is 19.4. The molecule has 216 valence electrons. The Morgan fingerprint density at radius 2 is 1.71 bits per heavy atom. The Hall–Kier alpha value is -5.59. The lowest BCUT2D eigenvalue weighted by Gasteiger charge is -2.17. The van der Waals surface area contributed by atoms with Crippen molar-refractivity contribution in [2.75, 3.05) is 10.2 Å². The number of alkyl halides is 3. The van der Waals surface area contributed by atoms with Gasteiger partial charge in [-0.2, -0.15) is 13.2 Å². The number of carbonyl (C=O) groups excluding carboxylic acids is 3. The van der Waals surface area contributed by atoms with Crippen molar-refractivity contribution in [1.29, 1.82) is 0 Å². The Morgan fingerprint density at radius 3 is 2.29 bits per heavy atom. The summed E-state index contributed by atoms with van der Waals surface area (Å²) in [7, 11) is 0. The molecule has 0 saturated carbocycles. The van der Waals surface area contributed by atoms with Crippen LogP contribution >= 0.6 is 0 Å². The number of nitrogens with one attached hydrogen (secondary N) is 1. The molecule has 1 aromatic carbocycles. The van der Waals surface area contributed by atoms with Crippen molar-refractivity contribution in [2.24, 2.45) is 0 Å². The molecule has 2 heterocycles. The monoisotopic (exact) mass is 581 g/mol. The lowest BCUT2D eigenvalue weighted by atomic mass is 10.2. The average Bonchev–Trinajstić information content (AvgIpc) is 3.41. The number of hydrogen-bond acceptors (Lipinski definition) is 6. The summed E-state index contributed by atoms with van der Waals surface area (Å²) >= 11 is 0. The van der Waals surface area contributed by atoms with Crippen LogP contribution in [-0.2, 0) is 15.8 Å². The van der Waals surface area contributed by atoms with E-state index in [9.17, 15) is 31.9 Å². The Bertz CT molecular complexity index is 1600. The van der Waals surface area contributed by atoms with E-state index in [0.717, 1.165) is 30.6 Å². The molecule has 3 amide bonds. The summed E-state index contributed by atoms with van der Waals surface area (Å²) in [5, 5.41) is 2.20. The zero-order chi connectivity index (χ0) is 31.0. The van der Waals surface area contributed by atoms with E-state index in [1.165, 1.54) is 42.6 Å². The average molecular weight is 582 g/mol. The van der Waals surface area contributed by atoms with Crippen LogP contribution in [0.5, 0.6) is 11.5 Å². The minimum atomic E-state index is -4.96. The maximum atomic E-state index is 14.9. The summed E-state index contributed by atoms with van der Waals surface area (Å²) in [6.45, 7) is 11.8. The molecule has 0 bridgehead atoms. The normalized spacial score (nSPS) is 11.6. The van der Waals surface area contributed by atoms with Gasteiger partial charge in [-0.05, 0) is 49.4 Å². The molecule has 9 nitrogen and oxygen atoms in total. The molecule has 1 N–H and O–H groups in total. The summed E-state index contributed by atoms with van der Waals surface area (Å²) in [5.74, 6) is -4.30. The third-order valence-electron chi connectivity index (χ3n) is 5.35. The number of carbonyl (C=O) groups is 3. The van der Waals surface area contributed by atoms with Crippen LogP contribution < -0.4 is 15.0 Å². The molecule has 3 rings (SSSR count). The van der Waals surface area contributed by atoms with Crippen molar-refractivity contribution in [2.45, 2.75) is 13.1 Å². The number of allylic oxidation sites excluding steroid dienone is 5. The van der Waals surface area contributed by atoms with Crippen molar-refractivity contribution in [1.82, 2.24) is 14.5 Å². The molecular weight excluding hydrogens is 558 g/mol. The van der Waals surface area contributed by atoms with Gasteiger partial charge in [0, 0.05) is 29.7 Å². The first-order chi connectivity index (χ1) is 19.9. The fourth-order valence-corrected chi connectivity index (χ4v) is 3.50. The molecular formula is C29H23F4N5O4. The molecule has 42 heavy (non-hydrogen) atoms. The Kier molecular flexibility index (Phi) is 9.71. The second-order valence-electron chi connectivity index (χ2n) is 8.10. The number of ether oxygens (including phenoxy) is 1. The summed E-state index contributed by atoms with van der Waals surface area (Å²) in [6, 6.07) is 5.65. The molecule has 0 aliphatic rings. The van der Waals surface area contributed by atoms with Gasteiger partial charge in [-0.15, -0.1) is 0 Å². The van der Waals surface area contributed by atoms with Crippen LogP contribution in [0.2, 0.25) is 0 Å². The highest BCUT2D eigenvalue weighted by Crippen LogP contribution is 2.34. The number of benzene rings is 1. The summed E-state index contributed by atoms with van der Waals surface area (Å²) in [5.41, 5.74) is -2.45. The number of hydrogen-bond donors (Lipinski definition) is 1. The summed E-state index contributed by atoms with van der Waals surface area (Å²) < 4.78 is 62.9. The molecule has 0 saturated heterocycles. The molecule has 0 spiro atoms. The van der Waals surface area contributed by atoms with Crippen LogP contribution in [0.4, 0.5) is 29.1 Å². The van der Waals surface area contributed by atoms with Crippen LogP contribution in [-0.4, -0.2) is 32.3 Å². The topological polar surface area (TPSA) is 106 Å². The van der Waals surface area contributed by atoms with Crippen molar-refractivity contribution < 1.29 is 36.7 Å². The lowest BCUT2D eigenvalue weighted by Crippen LogP contribution is -2.34. The number of rotatable bonds is 10. The van der Waals surface area contributed by atoms with E-state index >= 15 is 0 Å². The number of amides is 3. The minimum Gasteiger partial charge on any atom is -0.454 e. The first kappa shape index (κ1) is 30.9. The number of anilines is 2. The largest absolute Gasteiger partial charge is 0.454 e. The number of pyridine rings is 1. The molecule has 0 atom stereocenters. The summed E-state index contributed by atoms with van der Waals surface area (Å²) in [4.78, 5) is 45.3. The number of nitrogens with zero attached hydrogens (tertiary/aromatic N) is 4. The second-order valence-corrected chi connectivity index (χ2v) is 8.10. The van der Waals surface area contributed by atoms with Crippen molar-refractivity contribution in [3.8, 4) is 11.5 Å². The number of halogens is 4. The molecule has 0 unspecified atom stereocenters. The van der Waals surface area contributed by atoms with Crippen LogP contribution in [0.15, 0.2) is 99.0 Å². The number of aromatic nitrogens is 3. The molecule has 0 aliphatic heterocycles. The molecule has 3 aromatic rings. The minimum absolute atomic E-state index is 0.0150. The van der Waals surface area contributed by atoms with Gasteiger partial charge in [-0.1, -0.05) is 31.9 Å². The highest BCUT2D eigenvalue weighted by molar-refractivity contribution is 6.21. The van der Waals surface area contributed by atoms with Gasteiger partial charge in [0.05, 0.1) is 0 Å². The molecule has 13 heteroatoms. The highest BCUT2D eigenvalue weighted by Gasteiger charge is 2.41. The number of imide groups is 1. The Labute approximate surface area is 237 Å². The van der Waals surface area contributed by atoms with E-state index in [4.69, 9.17) is 4.74 Å². The van der Waals surface area contributed by atoms with Gasteiger partial charge < -0.3 is 10.1 Å². The standard InChI is InChI=1S/C29H23F4N5O4/c1-5-9-10-19(6-2)37-17-35-26(27(37)29(31,32)33)28(41)36-18-11-12-22(21(30)15-18)42-20-13-14-34-23(16-20)38(24(39)7-3)25(40)8-4/h5-17H,2-4H2,1H3,(H,36,41)/b9-5-,19-10+. The van der Waals surface area contributed by atoms with Gasteiger partial charge in [0.2, 0.25) is 0 Å². The Morgan fingerprint density at radius 1 is 1.02 bits per heavy atom. The third kappa shape index (κ3) is 6.94. The predicted molar refractivity (Wildman–Crippen MR) is 148 cm³/mol. The summed E-state index contributed by atoms with van der Waals surface area (Å²) in [6.07, 6.45) is 4.49. The van der Waals surface area contributed by atoms with E-state index < -0.39 is 41.1 Å². The van der Waals surface area contributed by atoms with E-state index in [1.807, 2.05) is 0 Å². The van der Waals surface area contributed by atoms with Gasteiger partial charge in [-0.25, -0.2) is 19.3 Å². The van der Waals surface area contributed by atoms with Gasteiger partial charge in [0.1, 0.15) is 17.9 Å². The van der Waals surface area contributed by atoms with Crippen molar-refractivity contribution >= 4 is 34.9 Å². The van der Waals surface area contributed by atoms with E-state index in [1.54, 1.807) is 13.0 Å². The lowest BCUT2D eigenvalue weighted by molar-refractivity contribution is -0.142. The first-order valence-electron chi connectivity index (χ1n) is 11.9. The van der Waals surface area contributed by atoms with Gasteiger partial charge in [0.25, 0.3) is 17.7 Å². The van der Waals surface area contributed by atoms with E-state index in [0.29, 0.717) is 9.47 Å². The van der Waals surface area contributed by atoms with E-state index in [2.05, 4.69) is 35.0 Å². The van der Waals surface area contributed by atoms with Gasteiger partial charge in [-0.3, -0.25) is 19.0 Å². The van der Waals surface area contributed by atoms with Crippen LogP contribution in [0, 0.1) is 5.82 Å². The van der Waals surface area contributed by atoms with Crippen molar-refractivity contribution in [3.05, 3.63) is 116 Å². The smallest absolute Gasteiger partial charge is 0.434 e. The maximum absolute atomic E-state index is 14.9. The fraction of sp³-hybridized carbons (Fsp3) is 0.0690. The predicted octanol–water partition coefficient (Wildman–Crippen LogP) is 6.32. The van der Waals surface area contributed by atoms with Crippen LogP contribution in [0.3, 0.4) is 0 Å². The van der Waals surface area contributed by atoms with Crippen LogP contribution in [0.25, 0.3) is 5.70 Å². The molecule has 0 aliphatic carbocycles. The third-order valence-corrected chi connectivity index (χ3v) is 5.35. The quantitative estimate of drug-likeness (QED) is 0.171. The molecule has 0 fully saturated rings. The second kappa shape index (κ2) is 13.2. The first-order valence-corrected chi connectivity index (χ1v) is 11.9. The van der Waals surface area contributed by atoms with E-state index in [-0.39, 0.29) is 28.7 Å². The fourth-order valence-electron chi connectivity index (χ4n) is 3.50. The van der Waals surface area contributed by atoms with Crippen molar-refractivity contribution in [3.63, 3.8) is 0 Å². The number of imidazole rings is 1. The molecule has 2 aromatic heterocycles. The van der Waals surface area contributed by atoms with Crippen LogP contribution in [0.1, 0.15) is 23.1 Å². The Balaban J connectivity index is 1.87. The van der Waals surface area contributed by atoms with Gasteiger partial charge in [0.15, 0.2) is 23.0 Å². The maximum Gasteiger partial charge on any atom is 0.434 e. The SMILES string of the molecule is C=CC(=O)N(C(=O)C=C)c1cc(Oc2ccc(NC(=O)c3ncn(/C(C=C)=C/C=C\C)c3C(F)(F)F)cc2F)ccn1. The van der Waals surface area contributed by atoms with Gasteiger partial charge >= 0.3 is 6.18 Å². The molecule has 0 radical (unpaired) electrons. The zero-order valence-corrected chi connectivity index (χ0v) is 22.1. The zero-order valence-electron chi connectivity index (χ0n) is 22.1.